The fraction of sp³-hybridized carbons (Fsp3) is 0.533. The smallest absolute Gasteiger partial charge is 0.257 e. The summed E-state index contributed by atoms with van der Waals surface area (Å²) in [6, 6.07) is 2.18. The van der Waals surface area contributed by atoms with Gasteiger partial charge in [0, 0.05) is 11.0 Å². The lowest BCUT2D eigenvalue weighted by Crippen LogP contribution is -2.33. The summed E-state index contributed by atoms with van der Waals surface area (Å²) >= 11 is 2.99. The van der Waals surface area contributed by atoms with Crippen LogP contribution in [-0.4, -0.2) is 37.5 Å². The predicted octanol–water partition coefficient (Wildman–Crippen LogP) is 3.19. The molecule has 1 aliphatic heterocycles. The molecule has 0 aliphatic carbocycles. The summed E-state index contributed by atoms with van der Waals surface area (Å²) in [5, 5.41) is 2.61. The van der Waals surface area contributed by atoms with Crippen LogP contribution in [0.5, 0.6) is 0 Å². The Morgan fingerprint density at radius 2 is 1.90 bits per heavy atom. The van der Waals surface area contributed by atoms with Gasteiger partial charge in [0.15, 0.2) is 0 Å². The Kier molecular flexibility index (Phi) is 5.70. The predicted molar refractivity (Wildman–Crippen MR) is 81.2 cm³/mol. The van der Waals surface area contributed by atoms with Crippen LogP contribution in [0.25, 0.3) is 0 Å². The number of nitrogens with one attached hydrogen (secondary N) is 1. The molecule has 0 atom stereocenters. The maximum atomic E-state index is 13.7. The normalized spacial score (nSPS) is 17.0. The molecule has 1 amide bonds. The summed E-state index contributed by atoms with van der Waals surface area (Å²) in [6.07, 6.45) is 3.06. The molecule has 116 valence electrons. The van der Waals surface area contributed by atoms with E-state index in [0.29, 0.717) is 12.5 Å². The summed E-state index contributed by atoms with van der Waals surface area (Å²) in [6.45, 7) is 2.57. The molecule has 0 bridgehead atoms. The minimum atomic E-state index is -0.848. The first-order valence-electron chi connectivity index (χ1n) is 7.08. The molecule has 1 aromatic rings. The monoisotopic (exact) mass is 360 g/mol. The van der Waals surface area contributed by atoms with Gasteiger partial charge in [-0.3, -0.25) is 4.79 Å². The first-order chi connectivity index (χ1) is 9.97. The molecule has 1 fully saturated rings. The summed E-state index contributed by atoms with van der Waals surface area (Å²) in [4.78, 5) is 14.2. The third-order valence-corrected chi connectivity index (χ3v) is 4.37. The van der Waals surface area contributed by atoms with E-state index < -0.39 is 23.1 Å². The van der Waals surface area contributed by atoms with Crippen molar-refractivity contribution in [1.29, 1.82) is 0 Å². The number of carbonyl (C=O) groups excluding carboxylic acids is 1. The number of halogens is 3. The second kappa shape index (κ2) is 7.31. The molecule has 1 aliphatic rings. The van der Waals surface area contributed by atoms with Gasteiger partial charge in [-0.1, -0.05) is 15.9 Å². The van der Waals surface area contributed by atoms with E-state index in [1.54, 1.807) is 0 Å². The molecule has 0 aromatic heterocycles. The van der Waals surface area contributed by atoms with Crippen LogP contribution in [0.1, 0.15) is 29.6 Å². The Labute approximate surface area is 131 Å². The average molecular weight is 361 g/mol. The fourth-order valence-electron chi connectivity index (χ4n) is 2.59. The van der Waals surface area contributed by atoms with E-state index in [0.717, 1.165) is 44.5 Å². The maximum Gasteiger partial charge on any atom is 0.257 e. The van der Waals surface area contributed by atoms with Gasteiger partial charge in [0.25, 0.3) is 5.91 Å². The zero-order chi connectivity index (χ0) is 15.4. The van der Waals surface area contributed by atoms with Crippen molar-refractivity contribution in [1.82, 2.24) is 10.2 Å². The molecule has 1 N–H and O–H groups in total. The number of amides is 1. The number of benzene rings is 1. The molecule has 3 nitrogen and oxygen atoms in total. The molecule has 1 heterocycles. The van der Waals surface area contributed by atoms with Crippen molar-refractivity contribution in [3.63, 3.8) is 0 Å². The van der Waals surface area contributed by atoms with Gasteiger partial charge >= 0.3 is 0 Å². The Hall–Kier alpha value is -1.01. The Bertz CT molecular complexity index is 493. The SMILES string of the molecule is CN1CCC(CCNC(=O)c2c(F)cc(Br)cc2F)CC1. The largest absolute Gasteiger partial charge is 0.352 e. The van der Waals surface area contributed by atoms with E-state index in [-0.39, 0.29) is 4.47 Å². The number of hydrogen-bond donors (Lipinski definition) is 1. The highest BCUT2D eigenvalue weighted by atomic mass is 79.9. The van der Waals surface area contributed by atoms with Crippen molar-refractivity contribution in [2.24, 2.45) is 5.92 Å². The van der Waals surface area contributed by atoms with Crippen molar-refractivity contribution in [3.8, 4) is 0 Å². The summed E-state index contributed by atoms with van der Waals surface area (Å²) in [5.74, 6) is -1.82. The van der Waals surface area contributed by atoms with Gasteiger partial charge in [-0.05, 0) is 57.5 Å². The molecule has 6 heteroatoms. The molecular formula is C15H19BrF2N2O. The first kappa shape index (κ1) is 16.4. The van der Waals surface area contributed by atoms with Crippen LogP contribution in [-0.2, 0) is 0 Å². The molecule has 21 heavy (non-hydrogen) atoms. The second-order valence-corrected chi connectivity index (χ2v) is 6.45. The van der Waals surface area contributed by atoms with Crippen molar-refractivity contribution in [2.75, 3.05) is 26.7 Å². The van der Waals surface area contributed by atoms with Crippen molar-refractivity contribution < 1.29 is 13.6 Å². The Morgan fingerprint density at radius 1 is 1.33 bits per heavy atom. The second-order valence-electron chi connectivity index (χ2n) is 5.54. The Balaban J connectivity index is 1.85. The number of carbonyl (C=O) groups is 1. The van der Waals surface area contributed by atoms with Crippen molar-refractivity contribution in [3.05, 3.63) is 33.8 Å². The van der Waals surface area contributed by atoms with E-state index >= 15 is 0 Å². The van der Waals surface area contributed by atoms with Crippen LogP contribution in [0.15, 0.2) is 16.6 Å². The summed E-state index contributed by atoms with van der Waals surface area (Å²) in [7, 11) is 2.09. The van der Waals surface area contributed by atoms with Crippen LogP contribution in [0.2, 0.25) is 0 Å². The van der Waals surface area contributed by atoms with Crippen molar-refractivity contribution in [2.45, 2.75) is 19.3 Å². The minimum absolute atomic E-state index is 0.278. The van der Waals surface area contributed by atoms with Crippen LogP contribution in [0, 0.1) is 17.6 Å². The fourth-order valence-corrected chi connectivity index (χ4v) is 2.99. The highest BCUT2D eigenvalue weighted by Gasteiger charge is 2.20. The third-order valence-electron chi connectivity index (χ3n) is 3.91. The van der Waals surface area contributed by atoms with E-state index in [9.17, 15) is 13.6 Å². The maximum absolute atomic E-state index is 13.7. The molecular weight excluding hydrogens is 342 g/mol. The highest BCUT2D eigenvalue weighted by Crippen LogP contribution is 2.20. The van der Waals surface area contributed by atoms with Crippen LogP contribution in [0.3, 0.4) is 0 Å². The van der Waals surface area contributed by atoms with Gasteiger partial charge < -0.3 is 10.2 Å². The quantitative estimate of drug-likeness (QED) is 0.894. The average Bonchev–Trinajstić information content (AvgIpc) is 2.40. The summed E-state index contributed by atoms with van der Waals surface area (Å²) < 4.78 is 27.6. The molecule has 0 spiro atoms. The topological polar surface area (TPSA) is 32.3 Å². The lowest BCUT2D eigenvalue weighted by molar-refractivity contribution is 0.0940. The molecule has 2 rings (SSSR count). The van der Waals surface area contributed by atoms with E-state index in [4.69, 9.17) is 0 Å². The van der Waals surface area contributed by atoms with Crippen molar-refractivity contribution >= 4 is 21.8 Å². The molecule has 0 unspecified atom stereocenters. The number of rotatable bonds is 4. The van der Waals surface area contributed by atoms with E-state index in [2.05, 4.69) is 33.2 Å². The standard InChI is InChI=1S/C15H19BrF2N2O/c1-20-6-3-10(4-7-20)2-5-19-15(21)14-12(17)8-11(16)9-13(14)18/h8-10H,2-7H2,1H3,(H,19,21). The molecule has 1 aromatic carbocycles. The van der Waals surface area contributed by atoms with E-state index in [1.165, 1.54) is 0 Å². The first-order valence-corrected chi connectivity index (χ1v) is 7.88. The summed E-state index contributed by atoms with van der Waals surface area (Å²) in [5.41, 5.74) is -0.512. The van der Waals surface area contributed by atoms with Gasteiger partial charge in [-0.15, -0.1) is 0 Å². The van der Waals surface area contributed by atoms with Crippen LogP contribution >= 0.6 is 15.9 Å². The highest BCUT2D eigenvalue weighted by molar-refractivity contribution is 9.10. The molecule has 0 saturated carbocycles. The molecule has 0 radical (unpaired) electrons. The lowest BCUT2D eigenvalue weighted by atomic mass is 9.94. The molecule has 1 saturated heterocycles. The van der Waals surface area contributed by atoms with E-state index in [1.807, 2.05) is 0 Å². The van der Waals surface area contributed by atoms with Crippen LogP contribution < -0.4 is 5.32 Å². The van der Waals surface area contributed by atoms with Crippen LogP contribution in [0.4, 0.5) is 8.78 Å². The van der Waals surface area contributed by atoms with Gasteiger partial charge in [-0.2, -0.15) is 0 Å². The number of piperidine rings is 1. The Morgan fingerprint density at radius 3 is 2.48 bits per heavy atom. The lowest BCUT2D eigenvalue weighted by Gasteiger charge is -2.28. The number of nitrogens with zero attached hydrogens (tertiary/aromatic N) is 1. The zero-order valence-corrected chi connectivity index (χ0v) is 13.6. The van der Waals surface area contributed by atoms with Gasteiger partial charge in [0.05, 0.1) is 0 Å². The number of hydrogen-bond acceptors (Lipinski definition) is 2. The third kappa shape index (κ3) is 4.48. The van der Waals surface area contributed by atoms with Gasteiger partial charge in [0.2, 0.25) is 0 Å². The van der Waals surface area contributed by atoms with Gasteiger partial charge in [-0.25, -0.2) is 8.78 Å². The number of likely N-dealkylation sites (tertiary alicyclic amines) is 1. The minimum Gasteiger partial charge on any atom is -0.352 e. The van der Waals surface area contributed by atoms with Gasteiger partial charge in [0.1, 0.15) is 17.2 Å². The zero-order valence-electron chi connectivity index (χ0n) is 12.0.